The molecule has 9 aromatic carbocycles. The first-order valence-corrected chi connectivity index (χ1v) is 21.4. The summed E-state index contributed by atoms with van der Waals surface area (Å²) in [5.74, 6) is 1.68. The van der Waals surface area contributed by atoms with Gasteiger partial charge in [-0.25, -0.2) is 15.0 Å². The fraction of sp³-hybridized carbons (Fsp3) is 0. The van der Waals surface area contributed by atoms with Crippen molar-refractivity contribution in [3.8, 4) is 62.1 Å². The molecule has 13 rings (SSSR count). The van der Waals surface area contributed by atoms with Crippen molar-refractivity contribution in [2.75, 3.05) is 0 Å². The first kappa shape index (κ1) is 36.0. The summed E-state index contributed by atoms with van der Waals surface area (Å²) >= 11 is 0. The summed E-state index contributed by atoms with van der Waals surface area (Å²) in [4.78, 5) is 20.5. The standard InChI is InChI=1S/C58H35N5O/c1-2-14-38(15-3-1)47-34-48-43-18-8-10-22-50(43)63(55(48)44-19-7-6-17-42(44)47)51-23-11-9-20-45(51)57-60-56(39-28-25-37(26-29-39)41-30-27-36-13-4-5-16-40(36)33-41)61-58(62-57)46-21-12-24-53-54(46)49-35-59-32-31-52(49)64-53/h1-35H. The largest absolute Gasteiger partial charge is 0.456 e. The maximum Gasteiger partial charge on any atom is 0.166 e. The molecule has 13 aromatic rings. The molecule has 0 N–H and O–H groups in total. The minimum Gasteiger partial charge on any atom is -0.456 e. The molecule has 0 aliphatic heterocycles. The monoisotopic (exact) mass is 817 g/mol. The van der Waals surface area contributed by atoms with Crippen LogP contribution in [-0.4, -0.2) is 24.5 Å². The van der Waals surface area contributed by atoms with Crippen LogP contribution in [0.2, 0.25) is 0 Å². The van der Waals surface area contributed by atoms with Gasteiger partial charge in [0.05, 0.1) is 16.7 Å². The van der Waals surface area contributed by atoms with Gasteiger partial charge in [0.25, 0.3) is 0 Å². The molecule has 0 fully saturated rings. The van der Waals surface area contributed by atoms with Crippen LogP contribution in [0.25, 0.3) is 127 Å². The quantitative estimate of drug-likeness (QED) is 0.167. The number of nitrogens with zero attached hydrogens (tertiary/aromatic N) is 5. The first-order valence-electron chi connectivity index (χ1n) is 21.4. The molecule has 4 aromatic heterocycles. The lowest BCUT2D eigenvalue weighted by atomic mass is 9.95. The summed E-state index contributed by atoms with van der Waals surface area (Å²) in [5.41, 5.74) is 12.0. The van der Waals surface area contributed by atoms with E-state index in [0.29, 0.717) is 17.5 Å². The van der Waals surface area contributed by atoms with Gasteiger partial charge in [-0.1, -0.05) is 158 Å². The zero-order valence-electron chi connectivity index (χ0n) is 34.4. The molecule has 4 heterocycles. The zero-order valence-corrected chi connectivity index (χ0v) is 34.4. The van der Waals surface area contributed by atoms with Crippen LogP contribution in [0.3, 0.4) is 0 Å². The van der Waals surface area contributed by atoms with Crippen LogP contribution in [0.5, 0.6) is 0 Å². The number of benzene rings is 9. The predicted molar refractivity (Wildman–Crippen MR) is 261 cm³/mol. The second-order valence-corrected chi connectivity index (χ2v) is 16.2. The van der Waals surface area contributed by atoms with E-state index < -0.39 is 0 Å². The zero-order chi connectivity index (χ0) is 42.1. The second kappa shape index (κ2) is 14.4. The third-order valence-electron chi connectivity index (χ3n) is 12.5. The Morgan fingerprint density at radius 1 is 0.375 bits per heavy atom. The van der Waals surface area contributed by atoms with Crippen LogP contribution in [0.1, 0.15) is 0 Å². The van der Waals surface area contributed by atoms with Crippen LogP contribution in [-0.2, 0) is 0 Å². The maximum atomic E-state index is 6.33. The van der Waals surface area contributed by atoms with Gasteiger partial charge in [-0.2, -0.15) is 0 Å². The fourth-order valence-electron chi connectivity index (χ4n) is 9.57. The van der Waals surface area contributed by atoms with Crippen LogP contribution in [0.15, 0.2) is 217 Å². The maximum absolute atomic E-state index is 6.33. The Bertz CT molecular complexity index is 3960. The van der Waals surface area contributed by atoms with Gasteiger partial charge in [-0.3, -0.25) is 4.98 Å². The molecule has 0 atom stereocenters. The Morgan fingerprint density at radius 2 is 1.05 bits per heavy atom. The Labute approximate surface area is 367 Å². The van der Waals surface area contributed by atoms with E-state index in [1.807, 2.05) is 24.4 Å². The van der Waals surface area contributed by atoms with Gasteiger partial charge < -0.3 is 8.98 Å². The van der Waals surface area contributed by atoms with Gasteiger partial charge >= 0.3 is 0 Å². The molecule has 0 unspecified atom stereocenters. The number of fused-ring (bicyclic) bond motifs is 9. The second-order valence-electron chi connectivity index (χ2n) is 16.2. The van der Waals surface area contributed by atoms with Crippen LogP contribution in [0.4, 0.5) is 0 Å². The number of hydrogen-bond donors (Lipinski definition) is 0. The molecule has 0 aliphatic rings. The van der Waals surface area contributed by atoms with E-state index in [2.05, 4.69) is 192 Å². The minimum absolute atomic E-state index is 0.547. The smallest absolute Gasteiger partial charge is 0.166 e. The van der Waals surface area contributed by atoms with Crippen molar-refractivity contribution >= 4 is 65.3 Å². The van der Waals surface area contributed by atoms with E-state index >= 15 is 0 Å². The Kier molecular flexibility index (Phi) is 8.11. The lowest BCUT2D eigenvalue weighted by Crippen LogP contribution is -2.04. The van der Waals surface area contributed by atoms with Crippen molar-refractivity contribution in [3.05, 3.63) is 213 Å². The van der Waals surface area contributed by atoms with Crippen LogP contribution in [0, 0.1) is 0 Å². The third kappa shape index (κ3) is 5.73. The fourth-order valence-corrected chi connectivity index (χ4v) is 9.57. The van der Waals surface area contributed by atoms with Crippen molar-refractivity contribution in [1.82, 2.24) is 24.5 Å². The first-order chi connectivity index (χ1) is 31.7. The number of para-hydroxylation sites is 2. The number of aromatic nitrogens is 5. The molecule has 0 saturated carbocycles. The normalized spacial score (nSPS) is 11.8. The van der Waals surface area contributed by atoms with Crippen molar-refractivity contribution < 1.29 is 4.42 Å². The van der Waals surface area contributed by atoms with Crippen molar-refractivity contribution in [1.29, 1.82) is 0 Å². The molecule has 6 heteroatoms. The molecule has 0 bridgehead atoms. The average Bonchev–Trinajstić information content (AvgIpc) is 3.92. The molecule has 6 nitrogen and oxygen atoms in total. The van der Waals surface area contributed by atoms with Gasteiger partial charge in [-0.15, -0.1) is 0 Å². The van der Waals surface area contributed by atoms with Gasteiger partial charge in [0, 0.05) is 56.0 Å². The summed E-state index contributed by atoms with van der Waals surface area (Å²) in [7, 11) is 0. The topological polar surface area (TPSA) is 69.6 Å². The Morgan fingerprint density at radius 3 is 1.92 bits per heavy atom. The molecule has 298 valence electrons. The molecule has 0 spiro atoms. The highest BCUT2D eigenvalue weighted by Gasteiger charge is 2.23. The molecule has 0 aliphatic carbocycles. The summed E-state index contributed by atoms with van der Waals surface area (Å²) < 4.78 is 8.73. The Balaban J connectivity index is 1.05. The van der Waals surface area contributed by atoms with Gasteiger partial charge in [0.15, 0.2) is 17.5 Å². The summed E-state index contributed by atoms with van der Waals surface area (Å²) in [6, 6.07) is 70.4. The highest BCUT2D eigenvalue weighted by atomic mass is 16.3. The van der Waals surface area contributed by atoms with Crippen molar-refractivity contribution in [3.63, 3.8) is 0 Å². The highest BCUT2D eigenvalue weighted by Crippen LogP contribution is 2.43. The molecular weight excluding hydrogens is 783 g/mol. The minimum atomic E-state index is 0.547. The third-order valence-corrected chi connectivity index (χ3v) is 12.5. The molecule has 0 amide bonds. The highest BCUT2D eigenvalue weighted by molar-refractivity contribution is 6.22. The Hall–Kier alpha value is -8.74. The van der Waals surface area contributed by atoms with E-state index in [0.717, 1.165) is 66.5 Å². The molecule has 0 radical (unpaired) electrons. The summed E-state index contributed by atoms with van der Waals surface area (Å²) in [6.07, 6.45) is 3.60. The average molecular weight is 818 g/mol. The van der Waals surface area contributed by atoms with Crippen LogP contribution < -0.4 is 0 Å². The van der Waals surface area contributed by atoms with Gasteiger partial charge in [0.2, 0.25) is 0 Å². The van der Waals surface area contributed by atoms with E-state index in [1.165, 1.54) is 43.4 Å². The number of pyridine rings is 1. The number of hydrogen-bond acceptors (Lipinski definition) is 5. The SMILES string of the molecule is c1ccc(-c2cc3c4ccccc4n(-c4ccccc4-c4nc(-c5ccc(-c6ccc7ccccc7c6)cc5)nc(-c5cccc6oc7ccncc7c56)n4)c3c3ccccc23)cc1. The lowest BCUT2D eigenvalue weighted by molar-refractivity contribution is 0.668. The van der Waals surface area contributed by atoms with Crippen LogP contribution >= 0.6 is 0 Å². The van der Waals surface area contributed by atoms with Crippen molar-refractivity contribution in [2.45, 2.75) is 0 Å². The van der Waals surface area contributed by atoms with E-state index in [-0.39, 0.29) is 0 Å². The van der Waals surface area contributed by atoms with E-state index in [1.54, 1.807) is 6.20 Å². The summed E-state index contributed by atoms with van der Waals surface area (Å²) in [5, 5.41) is 8.95. The molecule has 0 saturated heterocycles. The number of rotatable bonds is 6. The van der Waals surface area contributed by atoms with Gasteiger partial charge in [0.1, 0.15) is 11.2 Å². The predicted octanol–water partition coefficient (Wildman–Crippen LogP) is 14.9. The molecular formula is C58H35N5O. The van der Waals surface area contributed by atoms with E-state index in [4.69, 9.17) is 19.4 Å². The summed E-state index contributed by atoms with van der Waals surface area (Å²) in [6.45, 7) is 0. The lowest BCUT2D eigenvalue weighted by Gasteiger charge is -2.16. The number of furan rings is 1. The van der Waals surface area contributed by atoms with Gasteiger partial charge in [-0.05, 0) is 80.9 Å². The van der Waals surface area contributed by atoms with E-state index in [9.17, 15) is 0 Å². The molecule has 64 heavy (non-hydrogen) atoms. The van der Waals surface area contributed by atoms with Crippen molar-refractivity contribution in [2.24, 2.45) is 0 Å².